The first kappa shape index (κ1) is 20.7. The highest BCUT2D eigenvalue weighted by molar-refractivity contribution is 6.03. The normalized spacial score (nSPS) is 15.9. The molecule has 0 saturated carbocycles. The molecule has 1 heterocycles. The number of carbonyl (C=O) groups excluding carboxylic acids is 1. The van der Waals surface area contributed by atoms with E-state index >= 15 is 0 Å². The summed E-state index contributed by atoms with van der Waals surface area (Å²) in [5.41, 5.74) is 2.64. The molecule has 0 unspecified atom stereocenters. The molecule has 1 N–H and O–H groups in total. The van der Waals surface area contributed by atoms with Crippen LogP contribution in [0.4, 0.5) is 0 Å². The van der Waals surface area contributed by atoms with Gasteiger partial charge >= 0.3 is 0 Å². The van der Waals surface area contributed by atoms with Crippen LogP contribution in [0.3, 0.4) is 0 Å². The van der Waals surface area contributed by atoms with E-state index in [9.17, 15) is 9.90 Å². The van der Waals surface area contributed by atoms with Gasteiger partial charge in [0.15, 0.2) is 11.5 Å². The number of methoxy groups -OCH3 is 1. The van der Waals surface area contributed by atoms with Crippen molar-refractivity contribution in [1.29, 1.82) is 0 Å². The smallest absolute Gasteiger partial charge is 0.240 e. The van der Waals surface area contributed by atoms with E-state index in [0.717, 1.165) is 36.1 Å². The first-order chi connectivity index (χ1) is 14.0. The number of carbonyl (C=O) groups is 1. The fourth-order valence-corrected chi connectivity index (χ4v) is 3.43. The second-order valence-corrected chi connectivity index (χ2v) is 7.14. The second kappa shape index (κ2) is 9.45. The molecule has 2 aromatic carbocycles. The van der Waals surface area contributed by atoms with Gasteiger partial charge in [-0.3, -0.25) is 4.79 Å². The Kier molecular flexibility index (Phi) is 6.75. The van der Waals surface area contributed by atoms with Crippen LogP contribution < -0.4 is 9.47 Å². The highest BCUT2D eigenvalue weighted by atomic mass is 16.5. The Morgan fingerprint density at radius 3 is 2.59 bits per heavy atom. The number of nitrogens with zero attached hydrogens (tertiary/aromatic N) is 2. The zero-order valence-corrected chi connectivity index (χ0v) is 17.2. The van der Waals surface area contributed by atoms with Crippen LogP contribution >= 0.6 is 0 Å². The summed E-state index contributed by atoms with van der Waals surface area (Å²) in [5, 5.41) is 15.6. The van der Waals surface area contributed by atoms with E-state index in [1.54, 1.807) is 19.2 Å². The molecule has 0 radical (unpaired) electrons. The molecule has 1 aliphatic rings. The highest BCUT2D eigenvalue weighted by Gasteiger charge is 2.32. The van der Waals surface area contributed by atoms with Gasteiger partial charge in [0.05, 0.1) is 25.5 Å². The molecule has 0 saturated heterocycles. The molecule has 1 amide bonds. The van der Waals surface area contributed by atoms with Crippen molar-refractivity contribution in [2.75, 3.05) is 13.7 Å². The Balaban J connectivity index is 1.81. The molecule has 2 aromatic rings. The fourth-order valence-electron chi connectivity index (χ4n) is 3.43. The van der Waals surface area contributed by atoms with E-state index in [1.807, 2.05) is 30.3 Å². The van der Waals surface area contributed by atoms with Gasteiger partial charge < -0.3 is 14.6 Å². The maximum atomic E-state index is 12.2. The summed E-state index contributed by atoms with van der Waals surface area (Å²) in [7, 11) is 1.62. The van der Waals surface area contributed by atoms with E-state index < -0.39 is 0 Å². The minimum Gasteiger partial charge on any atom is -0.508 e. The van der Waals surface area contributed by atoms with E-state index in [2.05, 4.69) is 12.0 Å². The van der Waals surface area contributed by atoms with E-state index in [1.165, 1.54) is 11.9 Å². The average Bonchev–Trinajstić information content (AvgIpc) is 3.17. The van der Waals surface area contributed by atoms with Crippen LogP contribution in [0.5, 0.6) is 17.2 Å². The van der Waals surface area contributed by atoms with Crippen molar-refractivity contribution < 1.29 is 19.4 Å². The molecule has 1 atom stereocenters. The quantitative estimate of drug-likeness (QED) is 0.659. The van der Waals surface area contributed by atoms with Gasteiger partial charge in [0.1, 0.15) is 5.75 Å². The predicted octanol–water partition coefficient (Wildman–Crippen LogP) is 4.67. The summed E-state index contributed by atoms with van der Waals surface area (Å²) in [6.45, 7) is 4.33. The Morgan fingerprint density at radius 1 is 1.17 bits per heavy atom. The standard InChI is InChI=1S/C23H28N2O4/c1-4-5-6-13-29-22-12-9-18(14-23(22)28-3)21-15-20(24-25(21)16(2)26)17-7-10-19(27)11-8-17/h7-12,14,21,27H,4-6,13,15H2,1-3H3/t21-/m1/s1. The minimum absolute atomic E-state index is 0.123. The van der Waals surface area contributed by atoms with Crippen LogP contribution in [0, 0.1) is 0 Å². The van der Waals surface area contributed by atoms with Gasteiger partial charge in [0.25, 0.3) is 0 Å². The van der Waals surface area contributed by atoms with E-state index in [4.69, 9.17) is 9.47 Å². The topological polar surface area (TPSA) is 71.4 Å². The Labute approximate surface area is 171 Å². The largest absolute Gasteiger partial charge is 0.508 e. The number of benzene rings is 2. The maximum Gasteiger partial charge on any atom is 0.240 e. The number of aromatic hydroxyl groups is 1. The summed E-state index contributed by atoms with van der Waals surface area (Å²) in [4.78, 5) is 12.2. The third-order valence-electron chi connectivity index (χ3n) is 5.01. The molecule has 29 heavy (non-hydrogen) atoms. The lowest BCUT2D eigenvalue weighted by Crippen LogP contribution is -2.24. The number of unbranched alkanes of at least 4 members (excludes halogenated alkanes) is 2. The van der Waals surface area contributed by atoms with Gasteiger partial charge in [-0.15, -0.1) is 0 Å². The van der Waals surface area contributed by atoms with Crippen molar-refractivity contribution in [2.24, 2.45) is 5.10 Å². The molecule has 0 bridgehead atoms. The number of phenolic OH excluding ortho intramolecular Hbond substituents is 1. The third kappa shape index (κ3) is 4.88. The van der Waals surface area contributed by atoms with Gasteiger partial charge in [-0.05, 0) is 53.9 Å². The van der Waals surface area contributed by atoms with Gasteiger partial charge in [-0.1, -0.05) is 25.8 Å². The van der Waals surface area contributed by atoms with Crippen molar-refractivity contribution in [3.05, 3.63) is 53.6 Å². The minimum atomic E-state index is -0.209. The average molecular weight is 396 g/mol. The number of hydrogen-bond donors (Lipinski definition) is 1. The van der Waals surface area contributed by atoms with Gasteiger partial charge in [0.2, 0.25) is 5.91 Å². The molecule has 154 valence electrons. The Bertz CT molecular complexity index is 877. The van der Waals surface area contributed by atoms with E-state index in [-0.39, 0.29) is 17.7 Å². The molecular weight excluding hydrogens is 368 g/mol. The second-order valence-electron chi connectivity index (χ2n) is 7.14. The van der Waals surface area contributed by atoms with Crippen molar-refractivity contribution in [1.82, 2.24) is 5.01 Å². The van der Waals surface area contributed by atoms with Crippen LogP contribution in [-0.2, 0) is 4.79 Å². The van der Waals surface area contributed by atoms with Gasteiger partial charge in [-0.2, -0.15) is 5.10 Å². The SMILES string of the molecule is CCCCCOc1ccc([C@H]2CC(c3ccc(O)cc3)=NN2C(C)=O)cc1OC. The first-order valence-corrected chi connectivity index (χ1v) is 10.0. The van der Waals surface area contributed by atoms with Crippen LogP contribution in [0.1, 0.15) is 56.7 Å². The number of amides is 1. The summed E-state index contributed by atoms with van der Waals surface area (Å²) in [6, 6.07) is 12.4. The molecule has 1 aliphatic heterocycles. The summed E-state index contributed by atoms with van der Waals surface area (Å²) < 4.78 is 11.4. The fraction of sp³-hybridized carbons (Fsp3) is 0.391. The molecule has 0 spiro atoms. The van der Waals surface area contributed by atoms with Crippen LogP contribution in [0.25, 0.3) is 0 Å². The van der Waals surface area contributed by atoms with Crippen molar-refractivity contribution >= 4 is 11.6 Å². The van der Waals surface area contributed by atoms with Gasteiger partial charge in [-0.25, -0.2) is 5.01 Å². The van der Waals surface area contributed by atoms with E-state index in [0.29, 0.717) is 24.5 Å². The van der Waals surface area contributed by atoms with Crippen LogP contribution in [0.2, 0.25) is 0 Å². The molecular formula is C23H28N2O4. The molecule has 0 fully saturated rings. The molecule has 3 rings (SSSR count). The third-order valence-corrected chi connectivity index (χ3v) is 5.01. The summed E-state index contributed by atoms with van der Waals surface area (Å²) in [5.74, 6) is 1.44. The summed E-state index contributed by atoms with van der Waals surface area (Å²) in [6.07, 6.45) is 3.87. The monoisotopic (exact) mass is 396 g/mol. The number of phenols is 1. The number of hydrogen-bond acceptors (Lipinski definition) is 5. The van der Waals surface area contributed by atoms with Crippen molar-refractivity contribution in [3.63, 3.8) is 0 Å². The van der Waals surface area contributed by atoms with Crippen molar-refractivity contribution in [3.8, 4) is 17.2 Å². The first-order valence-electron chi connectivity index (χ1n) is 10.0. The molecule has 0 aromatic heterocycles. The summed E-state index contributed by atoms with van der Waals surface area (Å²) >= 11 is 0. The van der Waals surface area contributed by atoms with Crippen molar-refractivity contribution in [2.45, 2.75) is 45.6 Å². The van der Waals surface area contributed by atoms with Gasteiger partial charge in [0, 0.05) is 13.3 Å². The molecule has 6 heteroatoms. The molecule has 0 aliphatic carbocycles. The maximum absolute atomic E-state index is 12.2. The highest BCUT2D eigenvalue weighted by Crippen LogP contribution is 2.37. The van der Waals surface area contributed by atoms with Crippen LogP contribution in [-0.4, -0.2) is 35.5 Å². The lowest BCUT2D eigenvalue weighted by molar-refractivity contribution is -0.130. The predicted molar refractivity (Wildman–Crippen MR) is 113 cm³/mol. The van der Waals surface area contributed by atoms with Crippen LogP contribution in [0.15, 0.2) is 47.6 Å². The lowest BCUT2D eigenvalue weighted by Gasteiger charge is -2.21. The number of rotatable bonds is 8. The number of ether oxygens (including phenoxy) is 2. The zero-order chi connectivity index (χ0) is 20.8. The zero-order valence-electron chi connectivity index (χ0n) is 17.2. The Hall–Kier alpha value is -3.02. The lowest BCUT2D eigenvalue weighted by atomic mass is 9.98. The Morgan fingerprint density at radius 2 is 1.93 bits per heavy atom. The number of hydrazone groups is 1. The molecule has 6 nitrogen and oxygen atoms in total.